The summed E-state index contributed by atoms with van der Waals surface area (Å²) in [5, 5.41) is 9.64. The summed E-state index contributed by atoms with van der Waals surface area (Å²) in [7, 11) is 0. The summed E-state index contributed by atoms with van der Waals surface area (Å²) < 4.78 is 1.80. The molecule has 0 unspecified atom stereocenters. The minimum absolute atomic E-state index is 0.201. The summed E-state index contributed by atoms with van der Waals surface area (Å²) in [6, 6.07) is 9.47. The Morgan fingerprint density at radius 3 is 2.38 bits per heavy atom. The lowest BCUT2D eigenvalue weighted by molar-refractivity contribution is 0.0695. The first kappa shape index (κ1) is 15.9. The first-order valence-electron chi connectivity index (χ1n) is 7.77. The van der Waals surface area contributed by atoms with E-state index < -0.39 is 11.4 Å². The van der Waals surface area contributed by atoms with E-state index in [2.05, 4.69) is 4.98 Å². The van der Waals surface area contributed by atoms with Gasteiger partial charge in [-0.2, -0.15) is 0 Å². The van der Waals surface area contributed by atoms with Crippen molar-refractivity contribution >= 4 is 16.9 Å². The molecule has 1 N–H and O–H groups in total. The van der Waals surface area contributed by atoms with E-state index in [1.165, 1.54) is 6.20 Å². The maximum atomic E-state index is 12.4. The van der Waals surface area contributed by atoms with Gasteiger partial charge in [-0.05, 0) is 56.2 Å². The van der Waals surface area contributed by atoms with E-state index in [0.717, 1.165) is 28.0 Å². The van der Waals surface area contributed by atoms with E-state index in [9.17, 15) is 14.7 Å². The average Bonchev–Trinajstić information content (AvgIpc) is 2.53. The van der Waals surface area contributed by atoms with Gasteiger partial charge in [0.05, 0.1) is 5.52 Å². The number of fused-ring (bicyclic) bond motifs is 1. The molecule has 0 bridgehead atoms. The zero-order valence-electron chi connectivity index (χ0n) is 13.8. The topological polar surface area (TPSA) is 72.2 Å². The van der Waals surface area contributed by atoms with Crippen molar-refractivity contribution in [2.45, 2.75) is 27.3 Å². The molecule has 0 aliphatic rings. The molecule has 24 heavy (non-hydrogen) atoms. The molecule has 3 aromatic rings. The van der Waals surface area contributed by atoms with E-state index in [1.807, 2.05) is 45.0 Å². The summed E-state index contributed by atoms with van der Waals surface area (Å²) >= 11 is 0. The maximum Gasteiger partial charge on any atom is 0.341 e. The van der Waals surface area contributed by atoms with Crippen LogP contribution in [0.4, 0.5) is 0 Å². The van der Waals surface area contributed by atoms with E-state index in [0.29, 0.717) is 11.9 Å². The number of benzene rings is 1. The molecule has 0 aliphatic carbocycles. The van der Waals surface area contributed by atoms with Gasteiger partial charge >= 0.3 is 5.97 Å². The highest BCUT2D eigenvalue weighted by molar-refractivity contribution is 5.93. The van der Waals surface area contributed by atoms with Gasteiger partial charge in [-0.3, -0.25) is 9.78 Å². The number of rotatable bonds is 3. The molecule has 2 aromatic heterocycles. The van der Waals surface area contributed by atoms with Crippen LogP contribution in [0.25, 0.3) is 22.0 Å². The Labute approximate surface area is 139 Å². The van der Waals surface area contributed by atoms with E-state index in [1.54, 1.807) is 10.6 Å². The molecular weight excluding hydrogens is 304 g/mol. The first-order chi connectivity index (χ1) is 11.4. The number of carboxylic acid groups (broad SMARTS) is 1. The predicted molar refractivity (Wildman–Crippen MR) is 93.5 cm³/mol. The lowest BCUT2D eigenvalue weighted by Gasteiger charge is -2.12. The number of aromatic nitrogens is 2. The molecule has 5 nitrogen and oxygen atoms in total. The minimum Gasteiger partial charge on any atom is -0.477 e. The molecule has 0 saturated carbocycles. The highest BCUT2D eigenvalue weighted by Gasteiger charge is 2.14. The predicted octanol–water partition coefficient (Wildman–Crippen LogP) is 3.40. The van der Waals surface area contributed by atoms with Crippen molar-refractivity contribution in [1.82, 2.24) is 9.55 Å². The molecule has 3 rings (SSSR count). The monoisotopic (exact) mass is 322 g/mol. The second kappa shape index (κ2) is 5.92. The number of carbonyl (C=O) groups is 1. The zero-order chi connectivity index (χ0) is 17.4. The van der Waals surface area contributed by atoms with Crippen molar-refractivity contribution in [3.8, 4) is 11.1 Å². The highest BCUT2D eigenvalue weighted by atomic mass is 16.4. The normalized spacial score (nSPS) is 11.0. The second-order valence-corrected chi connectivity index (χ2v) is 5.83. The molecule has 0 radical (unpaired) electrons. The summed E-state index contributed by atoms with van der Waals surface area (Å²) in [5.74, 6) is -1.20. The van der Waals surface area contributed by atoms with Crippen LogP contribution in [0, 0.1) is 13.8 Å². The average molecular weight is 322 g/mol. The third-order valence-electron chi connectivity index (χ3n) is 4.07. The van der Waals surface area contributed by atoms with Gasteiger partial charge < -0.3 is 9.67 Å². The quantitative estimate of drug-likeness (QED) is 0.802. The van der Waals surface area contributed by atoms with Gasteiger partial charge in [-0.25, -0.2) is 4.79 Å². The van der Waals surface area contributed by atoms with Gasteiger partial charge in [0.15, 0.2) is 0 Å². The molecule has 2 heterocycles. The Morgan fingerprint density at radius 2 is 1.79 bits per heavy atom. The number of hydrogen-bond acceptors (Lipinski definition) is 3. The van der Waals surface area contributed by atoms with E-state index in [-0.39, 0.29) is 5.56 Å². The van der Waals surface area contributed by atoms with Crippen LogP contribution in [-0.4, -0.2) is 20.6 Å². The SMILES string of the molecule is CCn1cc(C(=O)O)c(=O)c2ccc(-c3cc(C)nc(C)c3)cc21. The number of aromatic carboxylic acids is 1. The maximum absolute atomic E-state index is 12.4. The fraction of sp³-hybridized carbons (Fsp3) is 0.211. The Morgan fingerprint density at radius 1 is 1.12 bits per heavy atom. The van der Waals surface area contributed by atoms with Crippen LogP contribution in [0.1, 0.15) is 28.7 Å². The lowest BCUT2D eigenvalue weighted by Crippen LogP contribution is -2.18. The molecule has 122 valence electrons. The summed E-state index contributed by atoms with van der Waals surface area (Å²) in [4.78, 5) is 28.0. The molecular formula is C19H18N2O3. The minimum atomic E-state index is -1.20. The molecule has 0 aliphatic heterocycles. The third-order valence-corrected chi connectivity index (χ3v) is 4.07. The van der Waals surface area contributed by atoms with Crippen molar-refractivity contribution < 1.29 is 9.90 Å². The van der Waals surface area contributed by atoms with Gasteiger partial charge in [0.25, 0.3) is 0 Å². The number of nitrogens with zero attached hydrogens (tertiary/aromatic N) is 2. The van der Waals surface area contributed by atoms with Gasteiger partial charge in [-0.15, -0.1) is 0 Å². The van der Waals surface area contributed by atoms with Crippen molar-refractivity contribution in [3.63, 3.8) is 0 Å². The highest BCUT2D eigenvalue weighted by Crippen LogP contribution is 2.25. The Balaban J connectivity index is 2.30. The van der Waals surface area contributed by atoms with Gasteiger partial charge in [0.2, 0.25) is 5.43 Å². The Bertz CT molecular complexity index is 999. The molecule has 1 aromatic carbocycles. The first-order valence-corrected chi connectivity index (χ1v) is 7.77. The van der Waals surface area contributed by atoms with E-state index in [4.69, 9.17) is 0 Å². The van der Waals surface area contributed by atoms with Gasteiger partial charge in [0, 0.05) is 29.5 Å². The van der Waals surface area contributed by atoms with Gasteiger partial charge in [0.1, 0.15) is 5.56 Å². The summed E-state index contributed by atoms with van der Waals surface area (Å²) in [6.07, 6.45) is 1.42. The van der Waals surface area contributed by atoms with E-state index >= 15 is 0 Å². The van der Waals surface area contributed by atoms with Crippen molar-refractivity contribution in [2.75, 3.05) is 0 Å². The van der Waals surface area contributed by atoms with Crippen LogP contribution >= 0.6 is 0 Å². The van der Waals surface area contributed by atoms with Gasteiger partial charge in [-0.1, -0.05) is 6.07 Å². The molecule has 0 saturated heterocycles. The molecule has 5 heteroatoms. The van der Waals surface area contributed by atoms with Crippen molar-refractivity contribution in [1.29, 1.82) is 0 Å². The lowest BCUT2D eigenvalue weighted by atomic mass is 10.0. The molecule has 0 amide bonds. The number of carboxylic acids is 1. The Kier molecular flexibility index (Phi) is 3.93. The van der Waals surface area contributed by atoms with Crippen LogP contribution < -0.4 is 5.43 Å². The second-order valence-electron chi connectivity index (χ2n) is 5.83. The number of hydrogen-bond donors (Lipinski definition) is 1. The fourth-order valence-electron chi connectivity index (χ4n) is 2.99. The number of pyridine rings is 2. The van der Waals surface area contributed by atoms with Crippen LogP contribution in [-0.2, 0) is 6.54 Å². The molecule has 0 atom stereocenters. The van der Waals surface area contributed by atoms with Crippen molar-refractivity contribution in [2.24, 2.45) is 0 Å². The largest absolute Gasteiger partial charge is 0.477 e. The van der Waals surface area contributed by atoms with Crippen LogP contribution in [0.15, 0.2) is 41.3 Å². The third kappa shape index (κ3) is 2.69. The summed E-state index contributed by atoms with van der Waals surface area (Å²) in [6.45, 7) is 6.38. The number of aryl methyl sites for hydroxylation is 3. The smallest absolute Gasteiger partial charge is 0.341 e. The molecule has 0 fully saturated rings. The van der Waals surface area contributed by atoms with Crippen LogP contribution in [0.5, 0.6) is 0 Å². The fourth-order valence-corrected chi connectivity index (χ4v) is 2.99. The van der Waals surface area contributed by atoms with Crippen molar-refractivity contribution in [3.05, 3.63) is 63.7 Å². The molecule has 0 spiro atoms. The van der Waals surface area contributed by atoms with Crippen LogP contribution in [0.3, 0.4) is 0 Å². The standard InChI is InChI=1S/C19H18N2O3/c1-4-21-10-16(19(23)24)18(22)15-6-5-13(9-17(15)21)14-7-11(2)20-12(3)8-14/h5-10H,4H2,1-3H3,(H,23,24). The van der Waals surface area contributed by atoms with Crippen LogP contribution in [0.2, 0.25) is 0 Å². The summed E-state index contributed by atoms with van der Waals surface area (Å²) in [5.41, 5.74) is 3.94. The zero-order valence-corrected chi connectivity index (χ0v) is 13.8. The Hall–Kier alpha value is -2.95.